The molecule has 0 bridgehead atoms. The molecule has 1 aromatic heterocycles. The van der Waals surface area contributed by atoms with Crippen LogP contribution in [-0.2, 0) is 6.54 Å². The number of nitrogens with zero attached hydrogens (tertiary/aromatic N) is 3. The number of nitrogens with two attached hydrogens (primary N) is 1. The van der Waals surface area contributed by atoms with E-state index in [4.69, 9.17) is 5.73 Å². The van der Waals surface area contributed by atoms with E-state index in [1.807, 2.05) is 6.07 Å². The lowest BCUT2D eigenvalue weighted by atomic mass is 9.95. The minimum Gasteiger partial charge on any atom is -0.365 e. The smallest absolute Gasteiger partial charge is 0.365 e. The van der Waals surface area contributed by atoms with Gasteiger partial charge in [-0.3, -0.25) is 15.0 Å². The number of aromatic nitrogens is 2. The van der Waals surface area contributed by atoms with E-state index < -0.39 is 30.7 Å². The number of hydrogen-bond acceptors (Lipinski definition) is 4. The number of carbonyl (C=O) groups is 2. The minimum atomic E-state index is -4.37. The molecule has 0 radical (unpaired) electrons. The Hall–Kier alpha value is -3.86. The summed E-state index contributed by atoms with van der Waals surface area (Å²) in [5, 5.41) is 9.70. The number of urea groups is 1. The summed E-state index contributed by atoms with van der Waals surface area (Å²) in [6, 6.07) is 14.5. The number of aryl methyl sites for hydroxylation is 1. The van der Waals surface area contributed by atoms with Crippen LogP contribution >= 0.6 is 0 Å². The second-order valence-electron chi connectivity index (χ2n) is 8.06. The average molecular weight is 472 g/mol. The maximum absolute atomic E-state index is 13.0. The highest BCUT2D eigenvalue weighted by atomic mass is 19.4. The van der Waals surface area contributed by atoms with Crippen LogP contribution in [0.15, 0.2) is 54.6 Å². The third-order valence-corrected chi connectivity index (χ3v) is 5.51. The van der Waals surface area contributed by atoms with Crippen LogP contribution in [0.3, 0.4) is 0 Å². The van der Waals surface area contributed by atoms with Gasteiger partial charge in [-0.1, -0.05) is 42.5 Å². The summed E-state index contributed by atoms with van der Waals surface area (Å²) >= 11 is 0. The number of primary amides is 1. The predicted octanol–water partition coefficient (Wildman–Crippen LogP) is 3.52. The van der Waals surface area contributed by atoms with E-state index in [9.17, 15) is 22.8 Å². The van der Waals surface area contributed by atoms with Gasteiger partial charge in [-0.25, -0.2) is 9.48 Å². The monoisotopic (exact) mass is 472 g/mol. The van der Waals surface area contributed by atoms with Crippen molar-refractivity contribution in [1.29, 1.82) is 0 Å². The van der Waals surface area contributed by atoms with Gasteiger partial charge in [-0.05, 0) is 30.2 Å². The second-order valence-corrected chi connectivity index (χ2v) is 8.06. The first-order valence-electron chi connectivity index (χ1n) is 10.5. The van der Waals surface area contributed by atoms with Crippen molar-refractivity contribution in [3.05, 3.63) is 77.0 Å². The summed E-state index contributed by atoms with van der Waals surface area (Å²) in [5.41, 5.74) is 7.92. The molecule has 0 fully saturated rings. The van der Waals surface area contributed by atoms with E-state index in [1.54, 1.807) is 55.5 Å². The van der Waals surface area contributed by atoms with E-state index >= 15 is 0 Å². The van der Waals surface area contributed by atoms with Crippen LogP contribution in [0, 0.1) is 6.92 Å². The second kappa shape index (κ2) is 9.18. The van der Waals surface area contributed by atoms with Gasteiger partial charge in [0.15, 0.2) is 5.82 Å². The first-order chi connectivity index (χ1) is 16.1. The third-order valence-electron chi connectivity index (χ3n) is 5.51. The zero-order valence-electron chi connectivity index (χ0n) is 18.3. The van der Waals surface area contributed by atoms with Crippen molar-refractivity contribution in [3.63, 3.8) is 0 Å². The summed E-state index contributed by atoms with van der Waals surface area (Å²) in [7, 11) is 0. The van der Waals surface area contributed by atoms with E-state index in [1.165, 1.54) is 9.58 Å². The van der Waals surface area contributed by atoms with Crippen LogP contribution in [-0.4, -0.2) is 45.9 Å². The summed E-state index contributed by atoms with van der Waals surface area (Å²) in [5.74, 6) is -0.695. The molecule has 1 aliphatic heterocycles. The zero-order chi connectivity index (χ0) is 24.5. The summed E-state index contributed by atoms with van der Waals surface area (Å²) in [6.07, 6.45) is -4.37. The number of carbonyl (C=O) groups excluding carboxylic acids is 2. The number of nitrogens with one attached hydrogen (secondary N) is 2. The van der Waals surface area contributed by atoms with Gasteiger partial charge in [-0.2, -0.15) is 18.3 Å². The number of anilines is 1. The summed E-state index contributed by atoms with van der Waals surface area (Å²) in [4.78, 5) is 26.3. The highest BCUT2D eigenvalue weighted by molar-refractivity contribution is 6.03. The van der Waals surface area contributed by atoms with Gasteiger partial charge in [0.05, 0.1) is 24.0 Å². The largest absolute Gasteiger partial charge is 0.401 e. The molecule has 1 aliphatic rings. The predicted molar refractivity (Wildman–Crippen MR) is 119 cm³/mol. The Balaban J connectivity index is 1.61. The van der Waals surface area contributed by atoms with Crippen LogP contribution in [0.2, 0.25) is 0 Å². The van der Waals surface area contributed by atoms with E-state index in [-0.39, 0.29) is 24.5 Å². The molecule has 1 unspecified atom stereocenters. The molecule has 2 heterocycles. The summed E-state index contributed by atoms with van der Waals surface area (Å²) in [6.45, 7) is 0.604. The highest BCUT2D eigenvalue weighted by Crippen LogP contribution is 2.29. The highest BCUT2D eigenvalue weighted by Gasteiger charge is 2.35. The molecule has 1 atom stereocenters. The average Bonchev–Trinajstić information content (AvgIpc) is 3.09. The molecule has 2 aromatic carbocycles. The van der Waals surface area contributed by atoms with Crippen molar-refractivity contribution >= 4 is 17.8 Å². The fraction of sp³-hybridized carbons (Fsp3) is 0.261. The topological polar surface area (TPSA) is 105 Å². The maximum Gasteiger partial charge on any atom is 0.401 e. The Bertz CT molecular complexity index is 1210. The molecular weight excluding hydrogens is 449 g/mol. The standard InChI is InChI=1S/C23H23F3N6O2/c1-14-19(20(27)33)21(32(30-14)16-8-3-2-4-9-16)29-22(34)28-18-12-31(13-23(24,25)26)11-15-7-5-6-10-17(15)18/h2-10,18H,11-13H2,1H3,(H2,27,33)(H2,28,29,34). The van der Waals surface area contributed by atoms with Crippen LogP contribution < -0.4 is 16.4 Å². The fourth-order valence-electron chi connectivity index (χ4n) is 4.17. The molecule has 3 amide bonds. The maximum atomic E-state index is 13.0. The van der Waals surface area contributed by atoms with Crippen molar-refractivity contribution < 1.29 is 22.8 Å². The zero-order valence-corrected chi connectivity index (χ0v) is 18.3. The van der Waals surface area contributed by atoms with Crippen molar-refractivity contribution in [2.24, 2.45) is 5.73 Å². The van der Waals surface area contributed by atoms with Crippen molar-refractivity contribution in [2.75, 3.05) is 18.4 Å². The molecule has 8 nitrogen and oxygen atoms in total. The number of halogens is 3. The van der Waals surface area contributed by atoms with Crippen molar-refractivity contribution in [3.8, 4) is 5.69 Å². The Labute approximate surface area is 193 Å². The van der Waals surface area contributed by atoms with E-state index in [2.05, 4.69) is 15.7 Å². The molecule has 0 saturated carbocycles. The number of alkyl halides is 3. The molecule has 4 rings (SSSR count). The molecule has 4 N–H and O–H groups in total. The van der Waals surface area contributed by atoms with Gasteiger partial charge >= 0.3 is 12.2 Å². The Morgan fingerprint density at radius 1 is 1.12 bits per heavy atom. The lowest BCUT2D eigenvalue weighted by Gasteiger charge is -2.35. The lowest BCUT2D eigenvalue weighted by Crippen LogP contribution is -2.46. The lowest BCUT2D eigenvalue weighted by molar-refractivity contribution is -0.148. The first-order valence-corrected chi connectivity index (χ1v) is 10.5. The van der Waals surface area contributed by atoms with Crippen LogP contribution in [0.5, 0.6) is 0 Å². The number of hydrogen-bond donors (Lipinski definition) is 3. The molecule has 34 heavy (non-hydrogen) atoms. The Morgan fingerprint density at radius 2 is 1.79 bits per heavy atom. The van der Waals surface area contributed by atoms with Crippen molar-refractivity contribution in [1.82, 2.24) is 20.0 Å². The van der Waals surface area contributed by atoms with Crippen LogP contribution in [0.4, 0.5) is 23.8 Å². The number of fused-ring (bicyclic) bond motifs is 1. The van der Waals surface area contributed by atoms with Gasteiger partial charge in [0.25, 0.3) is 5.91 Å². The molecule has 178 valence electrons. The molecule has 0 saturated heterocycles. The molecule has 0 spiro atoms. The Morgan fingerprint density at radius 3 is 2.47 bits per heavy atom. The Kier molecular flexibility index (Phi) is 6.29. The minimum absolute atomic E-state index is 0.0242. The van der Waals surface area contributed by atoms with Crippen LogP contribution in [0.1, 0.15) is 33.2 Å². The number of para-hydroxylation sites is 1. The van der Waals surface area contributed by atoms with Gasteiger partial charge < -0.3 is 11.1 Å². The van der Waals surface area contributed by atoms with Gasteiger partial charge in [-0.15, -0.1) is 0 Å². The molecule has 3 aromatic rings. The van der Waals surface area contributed by atoms with Gasteiger partial charge in [0.2, 0.25) is 0 Å². The molecule has 11 heteroatoms. The van der Waals surface area contributed by atoms with Crippen LogP contribution in [0.25, 0.3) is 5.69 Å². The summed E-state index contributed by atoms with van der Waals surface area (Å²) < 4.78 is 40.5. The molecule has 0 aliphatic carbocycles. The number of rotatable bonds is 5. The van der Waals surface area contributed by atoms with E-state index in [0.29, 0.717) is 16.9 Å². The fourth-order valence-corrected chi connectivity index (χ4v) is 4.17. The van der Waals surface area contributed by atoms with Gasteiger partial charge in [0.1, 0.15) is 5.56 Å². The SMILES string of the molecule is Cc1nn(-c2ccccc2)c(NC(=O)NC2CN(CC(F)(F)F)Cc3ccccc32)c1C(N)=O. The molecular formula is C23H23F3N6O2. The normalized spacial score (nSPS) is 16.1. The van der Waals surface area contributed by atoms with Gasteiger partial charge in [0, 0.05) is 13.1 Å². The first kappa shape index (κ1) is 23.3. The number of benzene rings is 2. The van der Waals surface area contributed by atoms with Crippen molar-refractivity contribution in [2.45, 2.75) is 25.7 Å². The van der Waals surface area contributed by atoms with E-state index in [0.717, 1.165) is 5.56 Å². The third kappa shape index (κ3) is 5.04. The number of amides is 3. The quantitative estimate of drug-likeness (QED) is 0.528.